The van der Waals surface area contributed by atoms with Gasteiger partial charge in [-0.2, -0.15) is 4.31 Å². The second-order valence-corrected chi connectivity index (χ2v) is 9.19. The summed E-state index contributed by atoms with van der Waals surface area (Å²) in [4.78, 5) is 12.1. The summed E-state index contributed by atoms with van der Waals surface area (Å²) in [5.41, 5.74) is 1.19. The number of benzene rings is 2. The summed E-state index contributed by atoms with van der Waals surface area (Å²) in [6, 6.07) is 14.1. The number of hydrogen-bond donors (Lipinski definition) is 1. The Kier molecular flexibility index (Phi) is 7.68. The highest BCUT2D eigenvalue weighted by Crippen LogP contribution is 2.27. The number of halogens is 2. The first-order valence-electron chi connectivity index (χ1n) is 8.45. The molecule has 0 aliphatic carbocycles. The topological polar surface area (TPSA) is 66.5 Å². The second-order valence-electron chi connectivity index (χ2n) is 6.33. The van der Waals surface area contributed by atoms with Gasteiger partial charge in [-0.1, -0.05) is 53.5 Å². The van der Waals surface area contributed by atoms with Crippen LogP contribution in [0.25, 0.3) is 0 Å². The number of amides is 1. The van der Waals surface area contributed by atoms with Gasteiger partial charge in [0.1, 0.15) is 4.90 Å². The number of likely N-dealkylation sites (N-methyl/N-ethyl adjacent to an activating group) is 1. The fourth-order valence-corrected chi connectivity index (χ4v) is 4.41. The molecule has 8 heteroatoms. The zero-order chi connectivity index (χ0) is 20.0. The number of sulfonamides is 1. The molecule has 0 fully saturated rings. The van der Waals surface area contributed by atoms with Crippen molar-refractivity contribution in [3.8, 4) is 0 Å². The van der Waals surface area contributed by atoms with E-state index in [9.17, 15) is 13.2 Å². The molecular formula is C19H22Cl2N2O3S. The SMILES string of the molecule is CC(CCc1ccccc1)NC(=O)CN(C)S(=O)(=O)c1cc(Cl)ccc1Cl. The Bertz CT molecular complexity index is 889. The van der Waals surface area contributed by atoms with E-state index in [2.05, 4.69) is 5.32 Å². The highest BCUT2D eigenvalue weighted by Gasteiger charge is 2.26. The number of hydrogen-bond acceptors (Lipinski definition) is 3. The molecule has 0 saturated heterocycles. The number of nitrogens with one attached hydrogen (secondary N) is 1. The third-order valence-corrected chi connectivity index (χ3v) is 6.58. The van der Waals surface area contributed by atoms with Crippen molar-refractivity contribution in [2.45, 2.75) is 30.7 Å². The number of aryl methyl sites for hydroxylation is 1. The van der Waals surface area contributed by atoms with Crippen LogP contribution < -0.4 is 5.32 Å². The molecule has 2 aromatic carbocycles. The molecule has 146 valence electrons. The Morgan fingerprint density at radius 2 is 1.81 bits per heavy atom. The van der Waals surface area contributed by atoms with E-state index in [1.807, 2.05) is 37.3 Å². The average molecular weight is 429 g/mol. The van der Waals surface area contributed by atoms with Crippen LogP contribution in [0.4, 0.5) is 0 Å². The number of rotatable bonds is 8. The summed E-state index contributed by atoms with van der Waals surface area (Å²) in [5.74, 6) is -0.375. The summed E-state index contributed by atoms with van der Waals surface area (Å²) in [6.45, 7) is 1.59. The molecule has 1 unspecified atom stereocenters. The molecule has 27 heavy (non-hydrogen) atoms. The van der Waals surface area contributed by atoms with E-state index in [1.165, 1.54) is 30.8 Å². The van der Waals surface area contributed by atoms with Crippen LogP contribution in [-0.2, 0) is 21.2 Å². The van der Waals surface area contributed by atoms with Gasteiger partial charge in [-0.15, -0.1) is 0 Å². The van der Waals surface area contributed by atoms with Gasteiger partial charge in [-0.3, -0.25) is 4.79 Å². The lowest BCUT2D eigenvalue weighted by atomic mass is 10.1. The molecule has 2 aromatic rings. The van der Waals surface area contributed by atoms with Crippen LogP contribution in [0.3, 0.4) is 0 Å². The summed E-state index contributed by atoms with van der Waals surface area (Å²) in [6.07, 6.45) is 1.58. The molecular weight excluding hydrogens is 407 g/mol. The van der Waals surface area contributed by atoms with Gasteiger partial charge in [0.05, 0.1) is 11.6 Å². The lowest BCUT2D eigenvalue weighted by molar-refractivity contribution is -0.121. The van der Waals surface area contributed by atoms with Gasteiger partial charge >= 0.3 is 0 Å². The van der Waals surface area contributed by atoms with Crippen LogP contribution in [0, 0.1) is 0 Å². The maximum Gasteiger partial charge on any atom is 0.244 e. The van der Waals surface area contributed by atoms with Crippen molar-refractivity contribution >= 4 is 39.1 Å². The normalized spacial score (nSPS) is 12.8. The highest BCUT2D eigenvalue weighted by molar-refractivity contribution is 7.89. The lowest BCUT2D eigenvalue weighted by Crippen LogP contribution is -2.41. The predicted octanol–water partition coefficient (Wildman–Crippen LogP) is 3.75. The molecule has 0 spiro atoms. The smallest absolute Gasteiger partial charge is 0.244 e. The van der Waals surface area contributed by atoms with E-state index in [0.29, 0.717) is 0 Å². The fraction of sp³-hybridized carbons (Fsp3) is 0.316. The monoisotopic (exact) mass is 428 g/mol. The average Bonchev–Trinajstić information content (AvgIpc) is 2.62. The maximum atomic E-state index is 12.6. The van der Waals surface area contributed by atoms with Gasteiger partial charge in [0.25, 0.3) is 0 Å². The largest absolute Gasteiger partial charge is 0.352 e. The van der Waals surface area contributed by atoms with E-state index >= 15 is 0 Å². The van der Waals surface area contributed by atoms with Crippen molar-refractivity contribution in [2.24, 2.45) is 0 Å². The Labute approximate surface area is 170 Å². The number of nitrogens with zero attached hydrogens (tertiary/aromatic N) is 1. The zero-order valence-electron chi connectivity index (χ0n) is 15.2. The van der Waals surface area contributed by atoms with Crippen LogP contribution >= 0.6 is 23.2 Å². The first-order valence-corrected chi connectivity index (χ1v) is 10.6. The molecule has 1 atom stereocenters. The van der Waals surface area contributed by atoms with Crippen LogP contribution in [0.2, 0.25) is 10.0 Å². The van der Waals surface area contributed by atoms with Gasteiger partial charge in [-0.25, -0.2) is 8.42 Å². The lowest BCUT2D eigenvalue weighted by Gasteiger charge is -2.20. The molecule has 0 aliphatic heterocycles. The zero-order valence-corrected chi connectivity index (χ0v) is 17.5. The van der Waals surface area contributed by atoms with Crippen LogP contribution in [0.15, 0.2) is 53.4 Å². The van der Waals surface area contributed by atoms with Crippen molar-refractivity contribution in [3.63, 3.8) is 0 Å². The van der Waals surface area contributed by atoms with Gasteiger partial charge in [0.15, 0.2) is 0 Å². The van der Waals surface area contributed by atoms with Gasteiger partial charge in [0.2, 0.25) is 15.9 Å². The van der Waals surface area contributed by atoms with Crippen molar-refractivity contribution in [1.82, 2.24) is 9.62 Å². The fourth-order valence-electron chi connectivity index (χ4n) is 2.55. The van der Waals surface area contributed by atoms with E-state index in [1.54, 1.807) is 0 Å². The minimum Gasteiger partial charge on any atom is -0.352 e. The Balaban J connectivity index is 1.93. The second kappa shape index (κ2) is 9.55. The highest BCUT2D eigenvalue weighted by atomic mass is 35.5. The van der Waals surface area contributed by atoms with Crippen molar-refractivity contribution in [1.29, 1.82) is 0 Å². The third-order valence-electron chi connectivity index (χ3n) is 4.06. The predicted molar refractivity (Wildman–Crippen MR) is 109 cm³/mol. The van der Waals surface area contributed by atoms with E-state index in [0.717, 1.165) is 17.1 Å². The van der Waals surface area contributed by atoms with Gasteiger partial charge in [0, 0.05) is 18.1 Å². The summed E-state index contributed by atoms with van der Waals surface area (Å²) in [5, 5.41) is 3.14. The van der Waals surface area contributed by atoms with E-state index in [4.69, 9.17) is 23.2 Å². The summed E-state index contributed by atoms with van der Waals surface area (Å²) >= 11 is 11.8. The van der Waals surface area contributed by atoms with Crippen molar-refractivity contribution in [2.75, 3.05) is 13.6 Å². The maximum absolute atomic E-state index is 12.6. The Morgan fingerprint density at radius 1 is 1.15 bits per heavy atom. The molecule has 2 rings (SSSR count). The minimum absolute atomic E-state index is 0.0582. The van der Waals surface area contributed by atoms with Crippen molar-refractivity contribution < 1.29 is 13.2 Å². The molecule has 0 radical (unpaired) electrons. The van der Waals surface area contributed by atoms with E-state index in [-0.39, 0.29) is 33.4 Å². The minimum atomic E-state index is -3.92. The third kappa shape index (κ3) is 6.21. The van der Waals surface area contributed by atoms with Crippen LogP contribution in [-0.4, -0.2) is 38.3 Å². The molecule has 0 saturated carbocycles. The van der Waals surface area contributed by atoms with Crippen LogP contribution in [0.5, 0.6) is 0 Å². The number of carbonyl (C=O) groups excluding carboxylic acids is 1. The summed E-state index contributed by atoms with van der Waals surface area (Å²) in [7, 11) is -2.59. The first kappa shape index (κ1) is 21.7. The molecule has 0 bridgehead atoms. The molecule has 5 nitrogen and oxygen atoms in total. The van der Waals surface area contributed by atoms with Gasteiger partial charge < -0.3 is 5.32 Å². The molecule has 1 N–H and O–H groups in total. The van der Waals surface area contributed by atoms with Crippen LogP contribution in [0.1, 0.15) is 18.9 Å². The molecule has 0 aliphatic rings. The molecule has 0 aromatic heterocycles. The van der Waals surface area contributed by atoms with E-state index < -0.39 is 10.0 Å². The van der Waals surface area contributed by atoms with Gasteiger partial charge in [-0.05, 0) is 43.5 Å². The number of carbonyl (C=O) groups is 1. The summed E-state index contributed by atoms with van der Waals surface area (Å²) < 4.78 is 26.2. The Morgan fingerprint density at radius 3 is 2.48 bits per heavy atom. The quantitative estimate of drug-likeness (QED) is 0.695. The first-order chi connectivity index (χ1) is 12.7. The van der Waals surface area contributed by atoms with Crippen molar-refractivity contribution in [3.05, 3.63) is 64.1 Å². The Hall–Kier alpha value is -1.60. The standard InChI is InChI=1S/C19H22Cl2N2O3S/c1-14(8-9-15-6-4-3-5-7-15)22-19(24)13-23(2)27(25,26)18-12-16(20)10-11-17(18)21/h3-7,10-12,14H,8-9,13H2,1-2H3,(H,22,24). The molecule has 1 amide bonds. The molecule has 0 heterocycles.